The SMILES string of the molecule is CN1C(=O)c2ccc(-c3ccc(-c4ccc(-c5ccc(-c6ccc7c(c6)C(=O)N(C)C7=O)s5)s4)s3)cc2C1=O. The lowest BCUT2D eigenvalue weighted by atomic mass is 10.0. The number of carbonyl (C=O) groups excluding carboxylic acids is 4. The molecule has 0 bridgehead atoms. The van der Waals surface area contributed by atoms with Gasteiger partial charge in [-0.05, 0) is 71.8 Å². The van der Waals surface area contributed by atoms with Crippen LogP contribution in [-0.2, 0) is 0 Å². The molecule has 7 rings (SSSR count). The van der Waals surface area contributed by atoms with Crippen molar-refractivity contribution in [2.75, 3.05) is 14.1 Å². The number of hydrogen-bond acceptors (Lipinski definition) is 7. The molecule has 9 heteroatoms. The summed E-state index contributed by atoms with van der Waals surface area (Å²) in [6, 6.07) is 23.4. The van der Waals surface area contributed by atoms with Crippen LogP contribution in [0.1, 0.15) is 41.4 Å². The summed E-state index contributed by atoms with van der Waals surface area (Å²) in [5.74, 6) is -1.05. The van der Waals surface area contributed by atoms with Crippen LogP contribution >= 0.6 is 34.0 Å². The summed E-state index contributed by atoms with van der Waals surface area (Å²) < 4.78 is 0. The van der Waals surface area contributed by atoms with Crippen molar-refractivity contribution in [2.45, 2.75) is 0 Å². The summed E-state index contributed by atoms with van der Waals surface area (Å²) in [6.45, 7) is 0. The highest BCUT2D eigenvalue weighted by Crippen LogP contribution is 2.44. The van der Waals surface area contributed by atoms with Gasteiger partial charge in [0.15, 0.2) is 0 Å². The quantitative estimate of drug-likeness (QED) is 0.220. The van der Waals surface area contributed by atoms with E-state index in [0.717, 1.165) is 50.2 Å². The molecule has 0 aliphatic carbocycles. The molecule has 0 saturated heterocycles. The van der Waals surface area contributed by atoms with E-state index >= 15 is 0 Å². The second-order valence-electron chi connectivity index (χ2n) is 9.35. The fourth-order valence-corrected chi connectivity index (χ4v) is 8.07. The Morgan fingerprint density at radius 3 is 1.10 bits per heavy atom. The Hall–Kier alpha value is -4.18. The van der Waals surface area contributed by atoms with Crippen molar-refractivity contribution in [3.8, 4) is 40.4 Å². The van der Waals surface area contributed by atoms with E-state index in [0.29, 0.717) is 22.3 Å². The average molecular weight is 567 g/mol. The predicted octanol–water partition coefficient (Wildman–Crippen LogP) is 6.99. The minimum atomic E-state index is -0.265. The monoisotopic (exact) mass is 566 g/mol. The Kier molecular flexibility index (Phi) is 5.31. The molecular weight excluding hydrogens is 549 g/mol. The first-order chi connectivity index (χ1) is 18.8. The van der Waals surface area contributed by atoms with Crippen molar-refractivity contribution in [1.82, 2.24) is 9.80 Å². The minimum absolute atomic E-state index is 0.261. The summed E-state index contributed by atoms with van der Waals surface area (Å²) >= 11 is 5.01. The van der Waals surface area contributed by atoms with Gasteiger partial charge in [-0.2, -0.15) is 0 Å². The molecule has 2 aliphatic rings. The van der Waals surface area contributed by atoms with Crippen molar-refractivity contribution in [3.63, 3.8) is 0 Å². The van der Waals surface area contributed by atoms with Crippen LogP contribution in [0.25, 0.3) is 40.4 Å². The van der Waals surface area contributed by atoms with Crippen LogP contribution in [-0.4, -0.2) is 47.5 Å². The number of fused-ring (bicyclic) bond motifs is 2. The first kappa shape index (κ1) is 23.9. The predicted molar refractivity (Wildman–Crippen MR) is 155 cm³/mol. The summed E-state index contributed by atoms with van der Waals surface area (Å²) in [7, 11) is 3.01. The van der Waals surface area contributed by atoms with Crippen LogP contribution in [0.15, 0.2) is 72.8 Å². The van der Waals surface area contributed by atoms with E-state index in [1.54, 1.807) is 46.1 Å². The van der Waals surface area contributed by atoms with E-state index in [1.807, 2.05) is 36.4 Å². The molecule has 0 saturated carbocycles. The zero-order valence-electron chi connectivity index (χ0n) is 20.7. The summed E-state index contributed by atoms with van der Waals surface area (Å²) in [4.78, 5) is 58.2. The molecule has 0 radical (unpaired) electrons. The maximum atomic E-state index is 12.4. The second kappa shape index (κ2) is 8.67. The lowest BCUT2D eigenvalue weighted by Crippen LogP contribution is -2.24. The lowest BCUT2D eigenvalue weighted by Gasteiger charge is -2.02. The van der Waals surface area contributed by atoms with Gasteiger partial charge in [0.25, 0.3) is 23.6 Å². The molecule has 6 nitrogen and oxygen atoms in total. The third-order valence-electron chi connectivity index (χ3n) is 7.05. The Bertz CT molecular complexity index is 1760. The van der Waals surface area contributed by atoms with Gasteiger partial charge in [0.2, 0.25) is 0 Å². The number of amides is 4. The third kappa shape index (κ3) is 3.65. The normalized spacial score (nSPS) is 14.5. The number of rotatable bonds is 4. The number of benzene rings is 2. The van der Waals surface area contributed by atoms with Crippen LogP contribution in [0, 0.1) is 0 Å². The van der Waals surface area contributed by atoms with E-state index in [1.165, 1.54) is 14.1 Å². The fraction of sp³-hybridized carbons (Fsp3) is 0.0667. The van der Waals surface area contributed by atoms with E-state index < -0.39 is 0 Å². The van der Waals surface area contributed by atoms with Crippen LogP contribution in [0.5, 0.6) is 0 Å². The van der Waals surface area contributed by atoms with Crippen LogP contribution in [0.3, 0.4) is 0 Å². The summed E-state index contributed by atoms with van der Waals surface area (Å²) in [5.41, 5.74) is 3.65. The molecule has 39 heavy (non-hydrogen) atoms. The molecular formula is C30H18N2O4S3. The molecule has 0 unspecified atom stereocenters. The van der Waals surface area contributed by atoms with Gasteiger partial charge in [0, 0.05) is 43.4 Å². The minimum Gasteiger partial charge on any atom is -0.277 e. The van der Waals surface area contributed by atoms with Crippen LogP contribution in [0.2, 0.25) is 0 Å². The molecule has 5 heterocycles. The molecule has 5 aromatic rings. The average Bonchev–Trinajstić information content (AvgIpc) is 3.78. The van der Waals surface area contributed by atoms with Crippen molar-refractivity contribution in [2.24, 2.45) is 0 Å². The molecule has 3 aromatic heterocycles. The lowest BCUT2D eigenvalue weighted by molar-refractivity contribution is 0.0678. The molecule has 4 amide bonds. The number of imide groups is 2. The van der Waals surface area contributed by atoms with Gasteiger partial charge < -0.3 is 0 Å². The van der Waals surface area contributed by atoms with Crippen molar-refractivity contribution in [3.05, 3.63) is 95.1 Å². The zero-order valence-corrected chi connectivity index (χ0v) is 23.1. The number of thiophene rings is 3. The second-order valence-corrected chi connectivity index (χ2v) is 12.6. The zero-order chi connectivity index (χ0) is 27.0. The molecule has 0 atom stereocenters. The number of nitrogens with zero attached hydrogens (tertiary/aromatic N) is 2. The topological polar surface area (TPSA) is 74.8 Å². The Balaban J connectivity index is 1.14. The number of carbonyl (C=O) groups is 4. The highest BCUT2D eigenvalue weighted by atomic mass is 32.1. The summed E-state index contributed by atoms with van der Waals surface area (Å²) in [6.07, 6.45) is 0. The largest absolute Gasteiger partial charge is 0.277 e. The molecule has 2 aromatic carbocycles. The van der Waals surface area contributed by atoms with Gasteiger partial charge in [0.05, 0.1) is 22.3 Å². The third-order valence-corrected chi connectivity index (χ3v) is 10.8. The van der Waals surface area contributed by atoms with Crippen molar-refractivity contribution >= 4 is 57.6 Å². The molecule has 0 fully saturated rings. The van der Waals surface area contributed by atoms with Gasteiger partial charge in [-0.3, -0.25) is 29.0 Å². The Labute approximate surface area is 235 Å². The molecule has 2 aliphatic heterocycles. The van der Waals surface area contributed by atoms with E-state index in [4.69, 9.17) is 0 Å². The van der Waals surface area contributed by atoms with Crippen molar-refractivity contribution in [1.29, 1.82) is 0 Å². The standard InChI is InChI=1S/C30H18N2O4S3/c1-31-27(33)17-5-3-15(13-19(17)29(31)35)21-7-9-23(37-21)25-11-12-26(39-25)24-10-8-22(38-24)16-4-6-18-20(14-16)30(36)32(2)28(18)34/h3-14H,1-2H3. The molecule has 0 spiro atoms. The van der Waals surface area contributed by atoms with E-state index in [-0.39, 0.29) is 23.6 Å². The maximum Gasteiger partial charge on any atom is 0.261 e. The van der Waals surface area contributed by atoms with Crippen LogP contribution < -0.4 is 0 Å². The Morgan fingerprint density at radius 2 is 0.718 bits per heavy atom. The highest BCUT2D eigenvalue weighted by Gasteiger charge is 2.34. The fourth-order valence-electron chi connectivity index (χ4n) is 4.88. The van der Waals surface area contributed by atoms with Gasteiger partial charge in [-0.25, -0.2) is 0 Å². The maximum absolute atomic E-state index is 12.4. The summed E-state index contributed by atoms with van der Waals surface area (Å²) in [5, 5.41) is 0. The van der Waals surface area contributed by atoms with E-state index in [2.05, 4.69) is 24.3 Å². The highest BCUT2D eigenvalue weighted by molar-refractivity contribution is 7.27. The molecule has 0 N–H and O–H groups in total. The van der Waals surface area contributed by atoms with Crippen LogP contribution in [0.4, 0.5) is 0 Å². The first-order valence-corrected chi connectivity index (χ1v) is 14.5. The first-order valence-electron chi connectivity index (χ1n) is 12.0. The smallest absolute Gasteiger partial charge is 0.261 e. The molecule has 190 valence electrons. The van der Waals surface area contributed by atoms with Gasteiger partial charge in [0.1, 0.15) is 0 Å². The van der Waals surface area contributed by atoms with Gasteiger partial charge in [-0.15, -0.1) is 34.0 Å². The van der Waals surface area contributed by atoms with Gasteiger partial charge in [-0.1, -0.05) is 12.1 Å². The van der Waals surface area contributed by atoms with E-state index in [9.17, 15) is 19.2 Å². The van der Waals surface area contributed by atoms with Crippen molar-refractivity contribution < 1.29 is 19.2 Å². The van der Waals surface area contributed by atoms with Gasteiger partial charge >= 0.3 is 0 Å². The Morgan fingerprint density at radius 1 is 0.410 bits per heavy atom. The number of hydrogen-bond donors (Lipinski definition) is 0.